The molecule has 0 aromatic carbocycles. The van der Waals surface area contributed by atoms with Crippen molar-refractivity contribution in [1.29, 1.82) is 0 Å². The van der Waals surface area contributed by atoms with Crippen molar-refractivity contribution >= 4 is 11.6 Å². The van der Waals surface area contributed by atoms with Gasteiger partial charge in [0.05, 0.1) is 16.3 Å². The summed E-state index contributed by atoms with van der Waals surface area (Å²) in [5.41, 5.74) is 1.30. The molecule has 0 saturated carbocycles. The van der Waals surface area contributed by atoms with Crippen LogP contribution in [0.25, 0.3) is 11.6 Å². The molecule has 0 saturated heterocycles. The van der Waals surface area contributed by atoms with E-state index < -0.39 is 0 Å². The lowest BCUT2D eigenvalue weighted by atomic mass is 10.1. The lowest BCUT2D eigenvalue weighted by Crippen LogP contribution is -2.24. The number of rotatable bonds is 1. The van der Waals surface area contributed by atoms with E-state index in [1.807, 2.05) is 11.6 Å². The van der Waals surface area contributed by atoms with Gasteiger partial charge in [-0.15, -0.1) is 10.2 Å². The predicted molar refractivity (Wildman–Crippen MR) is 65.0 cm³/mol. The second-order valence-electron chi connectivity index (χ2n) is 4.96. The quantitative estimate of drug-likeness (QED) is 0.785. The summed E-state index contributed by atoms with van der Waals surface area (Å²) in [7, 11) is 0. The van der Waals surface area contributed by atoms with Crippen LogP contribution in [-0.4, -0.2) is 20.0 Å². The van der Waals surface area contributed by atoms with Crippen molar-refractivity contribution < 1.29 is 4.42 Å². The first-order chi connectivity index (χ1) is 7.80. The van der Waals surface area contributed by atoms with Crippen molar-refractivity contribution in [1.82, 2.24) is 20.0 Å². The van der Waals surface area contributed by atoms with Crippen molar-refractivity contribution in [2.24, 2.45) is 0 Å². The van der Waals surface area contributed by atoms with Crippen molar-refractivity contribution in [2.45, 2.75) is 40.2 Å². The molecule has 2 aromatic heterocycles. The zero-order chi connectivity index (χ0) is 12.8. The third kappa shape index (κ3) is 2.07. The Labute approximate surface area is 105 Å². The maximum Gasteiger partial charge on any atom is 0.269 e. The minimum Gasteiger partial charge on any atom is -0.420 e. The topological polar surface area (TPSA) is 56.7 Å². The summed E-state index contributed by atoms with van der Waals surface area (Å²) in [6.07, 6.45) is 0. The van der Waals surface area contributed by atoms with Gasteiger partial charge in [-0.25, -0.2) is 0 Å². The number of halogens is 1. The van der Waals surface area contributed by atoms with E-state index in [1.165, 1.54) is 0 Å². The Bertz CT molecular complexity index is 550. The highest BCUT2D eigenvalue weighted by molar-refractivity contribution is 6.33. The highest BCUT2D eigenvalue weighted by Gasteiger charge is 2.24. The smallest absolute Gasteiger partial charge is 0.269 e. The fraction of sp³-hybridized carbons (Fsp3) is 0.545. The number of aromatic nitrogens is 4. The first kappa shape index (κ1) is 12.1. The van der Waals surface area contributed by atoms with Crippen LogP contribution in [-0.2, 0) is 5.54 Å². The standard InChI is InChI=1S/C11H15ClN4O/c1-6-8(12)9(10-14-13-7(2)17-10)15-16(6)11(3,4)5/h1-5H3. The zero-order valence-corrected chi connectivity index (χ0v) is 11.3. The molecule has 5 nitrogen and oxygen atoms in total. The Kier molecular flexibility index (Phi) is 2.73. The van der Waals surface area contributed by atoms with Gasteiger partial charge in [0, 0.05) is 6.92 Å². The Morgan fingerprint density at radius 1 is 1.18 bits per heavy atom. The molecule has 0 aliphatic heterocycles. The molecule has 2 aromatic rings. The van der Waals surface area contributed by atoms with Gasteiger partial charge < -0.3 is 4.42 Å². The highest BCUT2D eigenvalue weighted by Crippen LogP contribution is 2.31. The average molecular weight is 255 g/mol. The third-order valence-corrected chi connectivity index (χ3v) is 2.86. The SMILES string of the molecule is Cc1nnc(-c2nn(C(C)(C)C)c(C)c2Cl)o1. The average Bonchev–Trinajstić information content (AvgIpc) is 2.73. The first-order valence-electron chi connectivity index (χ1n) is 5.37. The van der Waals surface area contributed by atoms with Crippen LogP contribution in [0.1, 0.15) is 32.4 Å². The van der Waals surface area contributed by atoms with Gasteiger partial charge in [0.15, 0.2) is 5.69 Å². The van der Waals surface area contributed by atoms with E-state index >= 15 is 0 Å². The van der Waals surface area contributed by atoms with E-state index in [0.29, 0.717) is 22.5 Å². The Morgan fingerprint density at radius 3 is 2.24 bits per heavy atom. The minimum atomic E-state index is -0.138. The summed E-state index contributed by atoms with van der Waals surface area (Å²) < 4.78 is 7.21. The van der Waals surface area contributed by atoms with Gasteiger partial charge in [-0.05, 0) is 27.7 Å². The Morgan fingerprint density at radius 2 is 1.82 bits per heavy atom. The molecule has 0 aliphatic rings. The first-order valence-corrected chi connectivity index (χ1v) is 5.74. The van der Waals surface area contributed by atoms with Crippen LogP contribution in [0.4, 0.5) is 0 Å². The van der Waals surface area contributed by atoms with Crippen LogP contribution in [0.5, 0.6) is 0 Å². The van der Waals surface area contributed by atoms with E-state index in [0.717, 1.165) is 5.69 Å². The molecule has 2 heterocycles. The van der Waals surface area contributed by atoms with Crippen molar-refractivity contribution in [2.75, 3.05) is 0 Å². The Hall–Kier alpha value is -1.36. The van der Waals surface area contributed by atoms with Crippen molar-refractivity contribution in [3.8, 4) is 11.6 Å². The molecule has 0 unspecified atom stereocenters. The van der Waals surface area contributed by atoms with E-state index in [1.54, 1.807) is 6.92 Å². The van der Waals surface area contributed by atoms with Gasteiger partial charge >= 0.3 is 0 Å². The van der Waals surface area contributed by atoms with Gasteiger partial charge in [0.1, 0.15) is 0 Å². The minimum absolute atomic E-state index is 0.138. The summed E-state index contributed by atoms with van der Waals surface area (Å²) >= 11 is 6.25. The van der Waals surface area contributed by atoms with Crippen LogP contribution >= 0.6 is 11.6 Å². The third-order valence-electron chi connectivity index (χ3n) is 2.41. The number of nitrogens with zero attached hydrogens (tertiary/aromatic N) is 4. The summed E-state index contributed by atoms with van der Waals surface area (Å²) in [6, 6.07) is 0. The van der Waals surface area contributed by atoms with Crippen LogP contribution in [0, 0.1) is 13.8 Å². The number of aryl methyl sites for hydroxylation is 1. The second kappa shape index (κ2) is 3.84. The van der Waals surface area contributed by atoms with E-state index in [9.17, 15) is 0 Å². The molecule has 0 bridgehead atoms. The zero-order valence-electron chi connectivity index (χ0n) is 10.6. The van der Waals surface area contributed by atoms with Crippen molar-refractivity contribution in [3.05, 3.63) is 16.6 Å². The number of hydrogen-bond acceptors (Lipinski definition) is 4. The lowest BCUT2D eigenvalue weighted by molar-refractivity contribution is 0.348. The Balaban J connectivity index is 2.58. The van der Waals surface area contributed by atoms with Crippen LogP contribution in [0.15, 0.2) is 4.42 Å². The van der Waals surface area contributed by atoms with E-state index in [4.69, 9.17) is 16.0 Å². The summed E-state index contributed by atoms with van der Waals surface area (Å²) in [4.78, 5) is 0. The molecule has 0 radical (unpaired) electrons. The van der Waals surface area contributed by atoms with Gasteiger partial charge in [-0.2, -0.15) is 5.10 Å². The normalized spacial score (nSPS) is 12.1. The molecule has 0 fully saturated rings. The van der Waals surface area contributed by atoms with Crippen LogP contribution < -0.4 is 0 Å². The van der Waals surface area contributed by atoms with E-state index in [2.05, 4.69) is 36.1 Å². The monoisotopic (exact) mass is 254 g/mol. The maximum absolute atomic E-state index is 6.25. The van der Waals surface area contributed by atoms with Gasteiger partial charge in [0.25, 0.3) is 5.89 Å². The molecule has 0 atom stereocenters. The predicted octanol–water partition coefficient (Wildman–Crippen LogP) is 2.96. The maximum atomic E-state index is 6.25. The molecule has 2 rings (SSSR count). The summed E-state index contributed by atoms with van der Waals surface area (Å²) in [5, 5.41) is 12.7. The molecule has 0 aliphatic carbocycles. The second-order valence-corrected chi connectivity index (χ2v) is 5.33. The molecule has 92 valence electrons. The molecule has 0 spiro atoms. The van der Waals surface area contributed by atoms with E-state index in [-0.39, 0.29) is 5.54 Å². The van der Waals surface area contributed by atoms with Gasteiger partial charge in [-0.3, -0.25) is 4.68 Å². The van der Waals surface area contributed by atoms with Crippen molar-refractivity contribution in [3.63, 3.8) is 0 Å². The molecular formula is C11H15ClN4O. The molecule has 0 N–H and O–H groups in total. The van der Waals surface area contributed by atoms with Gasteiger partial charge in [0.2, 0.25) is 5.89 Å². The fourth-order valence-electron chi connectivity index (χ4n) is 1.67. The highest BCUT2D eigenvalue weighted by atomic mass is 35.5. The largest absolute Gasteiger partial charge is 0.420 e. The summed E-state index contributed by atoms with van der Waals surface area (Å²) in [6.45, 7) is 9.84. The summed E-state index contributed by atoms with van der Waals surface area (Å²) in [5.74, 6) is 0.859. The fourth-order valence-corrected chi connectivity index (χ4v) is 1.86. The van der Waals surface area contributed by atoms with Gasteiger partial charge in [-0.1, -0.05) is 11.6 Å². The molecule has 6 heteroatoms. The molecule has 17 heavy (non-hydrogen) atoms. The van der Waals surface area contributed by atoms with Crippen LogP contribution in [0.3, 0.4) is 0 Å². The molecule has 0 amide bonds. The van der Waals surface area contributed by atoms with Crippen LogP contribution in [0.2, 0.25) is 5.02 Å². The number of hydrogen-bond donors (Lipinski definition) is 0. The lowest BCUT2D eigenvalue weighted by Gasteiger charge is -2.21. The molecular weight excluding hydrogens is 240 g/mol.